The molecule has 5 nitrogen and oxygen atoms in total. The SMILES string of the molecule is O=c1[nH]c(Cl)cnc1NCCc1ccccn1. The van der Waals surface area contributed by atoms with Crippen molar-refractivity contribution in [1.29, 1.82) is 0 Å². The summed E-state index contributed by atoms with van der Waals surface area (Å²) in [4.78, 5) is 21.9. The Hall–Kier alpha value is -1.88. The molecule has 2 N–H and O–H groups in total. The molecule has 0 aliphatic heterocycles. The summed E-state index contributed by atoms with van der Waals surface area (Å²) in [5.41, 5.74) is 0.643. The number of H-pyrrole nitrogens is 1. The lowest BCUT2D eigenvalue weighted by Crippen LogP contribution is -2.17. The van der Waals surface area contributed by atoms with E-state index in [9.17, 15) is 4.79 Å². The van der Waals surface area contributed by atoms with E-state index in [1.54, 1.807) is 6.20 Å². The van der Waals surface area contributed by atoms with Crippen LogP contribution in [0.15, 0.2) is 35.4 Å². The molecule has 0 saturated carbocycles. The van der Waals surface area contributed by atoms with Gasteiger partial charge >= 0.3 is 0 Å². The van der Waals surface area contributed by atoms with Gasteiger partial charge < -0.3 is 10.3 Å². The Bertz CT molecular complexity index is 541. The van der Waals surface area contributed by atoms with Gasteiger partial charge in [-0.2, -0.15) is 0 Å². The monoisotopic (exact) mass is 250 g/mol. The number of aromatic nitrogens is 3. The molecular weight excluding hydrogens is 240 g/mol. The molecule has 2 aromatic rings. The van der Waals surface area contributed by atoms with Gasteiger partial charge in [0.25, 0.3) is 5.56 Å². The van der Waals surface area contributed by atoms with Crippen LogP contribution in [0.1, 0.15) is 5.69 Å². The third-order valence-corrected chi connectivity index (χ3v) is 2.35. The molecule has 88 valence electrons. The first-order chi connectivity index (χ1) is 8.25. The van der Waals surface area contributed by atoms with E-state index < -0.39 is 0 Å². The van der Waals surface area contributed by atoms with Crippen LogP contribution in [0, 0.1) is 0 Å². The Morgan fingerprint density at radius 1 is 1.35 bits per heavy atom. The van der Waals surface area contributed by atoms with E-state index in [1.165, 1.54) is 6.20 Å². The second-order valence-electron chi connectivity index (χ2n) is 3.41. The van der Waals surface area contributed by atoms with Crippen molar-refractivity contribution in [3.63, 3.8) is 0 Å². The van der Waals surface area contributed by atoms with Crippen molar-refractivity contribution >= 4 is 17.4 Å². The highest BCUT2D eigenvalue weighted by Crippen LogP contribution is 2.00. The lowest BCUT2D eigenvalue weighted by Gasteiger charge is -2.03. The first-order valence-corrected chi connectivity index (χ1v) is 5.52. The van der Waals surface area contributed by atoms with Gasteiger partial charge in [0.15, 0.2) is 5.82 Å². The molecule has 0 amide bonds. The number of pyridine rings is 1. The molecule has 2 rings (SSSR count). The molecule has 0 bridgehead atoms. The highest BCUT2D eigenvalue weighted by molar-refractivity contribution is 6.29. The van der Waals surface area contributed by atoms with Gasteiger partial charge in [0.1, 0.15) is 5.15 Å². The average Bonchev–Trinajstić information content (AvgIpc) is 2.33. The van der Waals surface area contributed by atoms with Crippen LogP contribution in [0.2, 0.25) is 5.15 Å². The summed E-state index contributed by atoms with van der Waals surface area (Å²) in [6.07, 6.45) is 3.86. The number of nitrogens with one attached hydrogen (secondary N) is 2. The zero-order valence-electron chi connectivity index (χ0n) is 8.98. The summed E-state index contributed by atoms with van der Waals surface area (Å²) in [7, 11) is 0. The third-order valence-electron chi connectivity index (χ3n) is 2.15. The van der Waals surface area contributed by atoms with Crippen molar-refractivity contribution < 1.29 is 0 Å². The van der Waals surface area contributed by atoms with Gasteiger partial charge in [-0.05, 0) is 12.1 Å². The lowest BCUT2D eigenvalue weighted by atomic mass is 10.3. The molecule has 0 aliphatic rings. The standard InChI is InChI=1S/C11H11ClN4O/c12-9-7-15-10(11(17)16-9)14-6-4-8-3-1-2-5-13-8/h1-3,5,7H,4,6H2,(H,14,15)(H,16,17). The van der Waals surface area contributed by atoms with E-state index in [0.717, 1.165) is 12.1 Å². The third kappa shape index (κ3) is 3.29. The smallest absolute Gasteiger partial charge is 0.291 e. The highest BCUT2D eigenvalue weighted by atomic mass is 35.5. The first kappa shape index (κ1) is 11.6. The Morgan fingerprint density at radius 3 is 2.94 bits per heavy atom. The molecule has 2 aromatic heterocycles. The zero-order valence-corrected chi connectivity index (χ0v) is 9.74. The van der Waals surface area contributed by atoms with Crippen LogP contribution in [0.3, 0.4) is 0 Å². The van der Waals surface area contributed by atoms with Crippen LogP contribution in [0.5, 0.6) is 0 Å². The lowest BCUT2D eigenvalue weighted by molar-refractivity contribution is 0.945. The van der Waals surface area contributed by atoms with Crippen LogP contribution in [-0.4, -0.2) is 21.5 Å². The predicted molar refractivity (Wildman–Crippen MR) is 66.3 cm³/mol. The maximum absolute atomic E-state index is 11.4. The second kappa shape index (κ2) is 5.45. The first-order valence-electron chi connectivity index (χ1n) is 5.14. The normalized spacial score (nSPS) is 10.2. The minimum atomic E-state index is -0.321. The van der Waals surface area contributed by atoms with Gasteiger partial charge in [-0.25, -0.2) is 4.98 Å². The van der Waals surface area contributed by atoms with Gasteiger partial charge in [0.2, 0.25) is 0 Å². The summed E-state index contributed by atoms with van der Waals surface area (Å²) < 4.78 is 0. The summed E-state index contributed by atoms with van der Waals surface area (Å²) >= 11 is 5.59. The molecule has 0 fully saturated rings. The predicted octanol–water partition coefficient (Wildman–Crippen LogP) is 1.47. The van der Waals surface area contributed by atoms with Crippen LogP contribution in [-0.2, 0) is 6.42 Å². The molecule has 0 spiro atoms. The number of nitrogens with zero attached hydrogens (tertiary/aromatic N) is 2. The molecule has 0 aliphatic carbocycles. The highest BCUT2D eigenvalue weighted by Gasteiger charge is 2.01. The van der Waals surface area contributed by atoms with E-state index >= 15 is 0 Å². The number of rotatable bonds is 4. The van der Waals surface area contributed by atoms with Crippen molar-refractivity contribution in [3.8, 4) is 0 Å². The Balaban J connectivity index is 1.93. The molecule has 0 aromatic carbocycles. The van der Waals surface area contributed by atoms with E-state index in [4.69, 9.17) is 11.6 Å². The van der Waals surface area contributed by atoms with E-state index in [0.29, 0.717) is 6.54 Å². The second-order valence-corrected chi connectivity index (χ2v) is 3.81. The summed E-state index contributed by atoms with van der Waals surface area (Å²) in [5.74, 6) is 0.269. The van der Waals surface area contributed by atoms with Crippen LogP contribution >= 0.6 is 11.6 Å². The average molecular weight is 251 g/mol. The van der Waals surface area contributed by atoms with Gasteiger partial charge in [-0.15, -0.1) is 0 Å². The maximum Gasteiger partial charge on any atom is 0.291 e. The maximum atomic E-state index is 11.4. The van der Waals surface area contributed by atoms with Crippen molar-refractivity contribution in [2.45, 2.75) is 6.42 Å². The van der Waals surface area contributed by atoms with E-state index in [1.807, 2.05) is 18.2 Å². The van der Waals surface area contributed by atoms with Crippen molar-refractivity contribution in [3.05, 3.63) is 51.8 Å². The quantitative estimate of drug-likeness (QED) is 0.862. The number of aromatic amines is 1. The van der Waals surface area contributed by atoms with Gasteiger partial charge in [0.05, 0.1) is 6.20 Å². The fourth-order valence-corrected chi connectivity index (χ4v) is 1.50. The van der Waals surface area contributed by atoms with Crippen LogP contribution in [0.4, 0.5) is 5.82 Å². The minimum absolute atomic E-state index is 0.227. The zero-order chi connectivity index (χ0) is 12.1. The Labute approximate surface area is 103 Å². The molecule has 0 unspecified atom stereocenters. The van der Waals surface area contributed by atoms with Crippen LogP contribution in [0.25, 0.3) is 0 Å². The van der Waals surface area contributed by atoms with Gasteiger partial charge in [-0.1, -0.05) is 17.7 Å². The summed E-state index contributed by atoms with van der Waals surface area (Å²) in [5, 5.41) is 3.16. The molecule has 6 heteroatoms. The molecular formula is C11H11ClN4O. The largest absolute Gasteiger partial charge is 0.365 e. The van der Waals surface area contributed by atoms with Crippen molar-refractivity contribution in [2.24, 2.45) is 0 Å². The summed E-state index contributed by atoms with van der Waals surface area (Å²) in [6.45, 7) is 0.592. The molecule has 0 radical (unpaired) electrons. The minimum Gasteiger partial charge on any atom is -0.365 e. The molecule has 0 atom stereocenters. The Morgan fingerprint density at radius 2 is 2.24 bits per heavy atom. The number of halogens is 1. The van der Waals surface area contributed by atoms with Crippen LogP contribution < -0.4 is 10.9 Å². The van der Waals surface area contributed by atoms with Crippen molar-refractivity contribution in [1.82, 2.24) is 15.0 Å². The van der Waals surface area contributed by atoms with Gasteiger partial charge in [-0.3, -0.25) is 9.78 Å². The topological polar surface area (TPSA) is 70.7 Å². The number of anilines is 1. The molecule has 0 saturated heterocycles. The van der Waals surface area contributed by atoms with Crippen molar-refractivity contribution in [2.75, 3.05) is 11.9 Å². The summed E-state index contributed by atoms with van der Waals surface area (Å²) in [6, 6.07) is 5.72. The number of hydrogen-bond acceptors (Lipinski definition) is 4. The number of hydrogen-bond donors (Lipinski definition) is 2. The molecule has 17 heavy (non-hydrogen) atoms. The Kier molecular flexibility index (Phi) is 3.72. The van der Waals surface area contributed by atoms with E-state index in [-0.39, 0.29) is 16.5 Å². The van der Waals surface area contributed by atoms with Gasteiger partial charge in [0, 0.05) is 24.9 Å². The van der Waals surface area contributed by atoms with E-state index in [2.05, 4.69) is 20.3 Å². The molecule has 2 heterocycles. The fourth-order valence-electron chi connectivity index (χ4n) is 1.36. The fraction of sp³-hybridized carbons (Fsp3) is 0.182.